The molecule has 0 saturated carbocycles. The van der Waals surface area contributed by atoms with E-state index >= 15 is 0 Å². The quantitative estimate of drug-likeness (QED) is 0.493. The van der Waals surface area contributed by atoms with Gasteiger partial charge in [0.2, 0.25) is 5.88 Å². The molecule has 2 aromatic carbocycles. The van der Waals surface area contributed by atoms with Crippen LogP contribution < -0.4 is 10.1 Å². The van der Waals surface area contributed by atoms with Gasteiger partial charge in [0.1, 0.15) is 17.4 Å². The highest BCUT2D eigenvalue weighted by atomic mass is 19.1. The lowest BCUT2D eigenvalue weighted by Gasteiger charge is -2.11. The number of amides is 1. The molecular weight excluding hydrogens is 384 g/mol. The van der Waals surface area contributed by atoms with Crippen LogP contribution in [0.5, 0.6) is 11.6 Å². The van der Waals surface area contributed by atoms with Gasteiger partial charge in [0.15, 0.2) is 0 Å². The maximum atomic E-state index is 13.9. The van der Waals surface area contributed by atoms with Gasteiger partial charge >= 0.3 is 0 Å². The number of nitrogens with one attached hydrogen (secondary N) is 1. The van der Waals surface area contributed by atoms with Crippen molar-refractivity contribution < 1.29 is 23.2 Å². The first-order valence-electron chi connectivity index (χ1n) is 8.45. The van der Waals surface area contributed by atoms with Crippen LogP contribution >= 0.6 is 0 Å². The van der Waals surface area contributed by atoms with Crippen LogP contribution in [0.4, 0.5) is 14.5 Å². The Morgan fingerprint density at radius 1 is 1.21 bits per heavy atom. The molecule has 3 rings (SSSR count). The molecule has 0 fully saturated rings. The van der Waals surface area contributed by atoms with Crippen LogP contribution in [0.1, 0.15) is 21.5 Å². The van der Waals surface area contributed by atoms with Crippen molar-refractivity contribution in [3.63, 3.8) is 0 Å². The van der Waals surface area contributed by atoms with Gasteiger partial charge in [-0.1, -0.05) is 12.1 Å². The van der Waals surface area contributed by atoms with Crippen molar-refractivity contribution in [1.82, 2.24) is 10.3 Å². The van der Waals surface area contributed by atoms with Crippen LogP contribution in [0.15, 0.2) is 54.7 Å². The normalized spacial score (nSPS) is 10.4. The van der Waals surface area contributed by atoms with Crippen LogP contribution in [0.2, 0.25) is 0 Å². The number of ether oxygens (including phenoxy) is 1. The van der Waals surface area contributed by atoms with Crippen molar-refractivity contribution in [1.29, 1.82) is 0 Å². The Bertz CT molecular complexity index is 1090. The Labute approximate surface area is 164 Å². The van der Waals surface area contributed by atoms with Gasteiger partial charge < -0.3 is 10.1 Å². The van der Waals surface area contributed by atoms with E-state index in [2.05, 4.69) is 10.3 Å². The van der Waals surface area contributed by atoms with E-state index < -0.39 is 28.2 Å². The lowest BCUT2D eigenvalue weighted by molar-refractivity contribution is -0.385. The molecule has 9 heteroatoms. The van der Waals surface area contributed by atoms with E-state index in [1.165, 1.54) is 31.3 Å². The number of rotatable bonds is 6. The van der Waals surface area contributed by atoms with Crippen LogP contribution in [0.3, 0.4) is 0 Å². The lowest BCUT2D eigenvalue weighted by atomic mass is 10.1. The first-order valence-corrected chi connectivity index (χ1v) is 8.45. The summed E-state index contributed by atoms with van der Waals surface area (Å²) in [7, 11) is 0. The van der Waals surface area contributed by atoms with E-state index in [1.807, 2.05) is 0 Å². The number of hydrogen-bond donors (Lipinski definition) is 1. The number of benzene rings is 2. The minimum atomic E-state index is -0.846. The van der Waals surface area contributed by atoms with Crippen LogP contribution in [0, 0.1) is 28.7 Å². The average molecular weight is 399 g/mol. The van der Waals surface area contributed by atoms with E-state index in [1.54, 1.807) is 18.2 Å². The average Bonchev–Trinajstić information content (AvgIpc) is 2.68. The molecule has 0 spiro atoms. The minimum absolute atomic E-state index is 0.0411. The molecule has 1 heterocycles. The number of pyridine rings is 1. The first kappa shape index (κ1) is 19.9. The molecule has 0 aliphatic rings. The van der Waals surface area contributed by atoms with Crippen molar-refractivity contribution in [2.45, 2.75) is 13.5 Å². The topological polar surface area (TPSA) is 94.4 Å². The Balaban J connectivity index is 1.77. The molecule has 7 nitrogen and oxygen atoms in total. The summed E-state index contributed by atoms with van der Waals surface area (Å²) in [5.41, 5.74) is -0.334. The standard InChI is InChI=1S/C20H15F2N3O4/c1-12-17(22)8-14(9-18(12)25(27)28)19(26)24-11-13-4-3-7-23-20(13)29-16-6-2-5-15(21)10-16/h2-10H,11H2,1H3,(H,24,26). The highest BCUT2D eigenvalue weighted by Gasteiger charge is 2.19. The van der Waals surface area contributed by atoms with Crippen LogP contribution in [-0.4, -0.2) is 15.8 Å². The molecule has 1 N–H and O–H groups in total. The molecule has 1 amide bonds. The maximum Gasteiger partial charge on any atom is 0.276 e. The molecule has 0 aliphatic carbocycles. The molecule has 0 saturated heterocycles. The van der Waals surface area contributed by atoms with Crippen molar-refractivity contribution in [2.24, 2.45) is 0 Å². The zero-order valence-corrected chi connectivity index (χ0v) is 15.2. The van der Waals surface area contributed by atoms with E-state index in [9.17, 15) is 23.7 Å². The Morgan fingerprint density at radius 3 is 2.72 bits per heavy atom. The van der Waals surface area contributed by atoms with Crippen molar-refractivity contribution in [2.75, 3.05) is 0 Å². The predicted octanol–water partition coefficient (Wildman–Crippen LogP) is 4.30. The van der Waals surface area contributed by atoms with E-state index in [0.717, 1.165) is 12.1 Å². The van der Waals surface area contributed by atoms with E-state index in [0.29, 0.717) is 5.56 Å². The largest absolute Gasteiger partial charge is 0.439 e. The monoisotopic (exact) mass is 399 g/mol. The fraction of sp³-hybridized carbons (Fsp3) is 0.100. The first-order chi connectivity index (χ1) is 13.8. The number of hydrogen-bond acceptors (Lipinski definition) is 5. The summed E-state index contributed by atoms with van der Waals surface area (Å²) in [5, 5.41) is 13.6. The third-order valence-electron chi connectivity index (χ3n) is 4.08. The number of nitrogens with zero attached hydrogens (tertiary/aromatic N) is 2. The van der Waals surface area contributed by atoms with Gasteiger partial charge in [-0.25, -0.2) is 13.8 Å². The molecule has 0 bridgehead atoms. The Kier molecular flexibility index (Phi) is 5.77. The molecule has 1 aromatic heterocycles. The third-order valence-corrected chi connectivity index (χ3v) is 4.08. The zero-order chi connectivity index (χ0) is 21.0. The van der Waals surface area contributed by atoms with Gasteiger partial charge in [-0.15, -0.1) is 0 Å². The van der Waals surface area contributed by atoms with Gasteiger partial charge in [0, 0.05) is 36.0 Å². The fourth-order valence-electron chi connectivity index (χ4n) is 2.56. The lowest BCUT2D eigenvalue weighted by Crippen LogP contribution is -2.23. The maximum absolute atomic E-state index is 13.9. The van der Waals surface area contributed by atoms with Crippen LogP contribution in [0.25, 0.3) is 0 Å². The highest BCUT2D eigenvalue weighted by Crippen LogP contribution is 2.25. The third kappa shape index (κ3) is 4.70. The number of carbonyl (C=O) groups is 1. The number of aromatic nitrogens is 1. The second-order valence-electron chi connectivity index (χ2n) is 6.07. The molecule has 29 heavy (non-hydrogen) atoms. The molecule has 3 aromatic rings. The van der Waals surface area contributed by atoms with Crippen LogP contribution in [-0.2, 0) is 6.54 Å². The zero-order valence-electron chi connectivity index (χ0n) is 15.2. The highest BCUT2D eigenvalue weighted by molar-refractivity contribution is 5.95. The van der Waals surface area contributed by atoms with Gasteiger partial charge in [-0.3, -0.25) is 14.9 Å². The molecule has 0 atom stereocenters. The fourth-order valence-corrected chi connectivity index (χ4v) is 2.56. The number of nitro benzene ring substituents is 1. The number of carbonyl (C=O) groups excluding carboxylic acids is 1. The summed E-state index contributed by atoms with van der Waals surface area (Å²) in [4.78, 5) is 26.7. The second-order valence-corrected chi connectivity index (χ2v) is 6.07. The molecular formula is C20H15F2N3O4. The van der Waals surface area contributed by atoms with Crippen molar-refractivity contribution in [3.8, 4) is 11.6 Å². The Morgan fingerprint density at radius 2 is 2.00 bits per heavy atom. The summed E-state index contributed by atoms with van der Waals surface area (Å²) in [6.07, 6.45) is 1.47. The summed E-state index contributed by atoms with van der Waals surface area (Å²) in [6, 6.07) is 10.7. The molecule has 0 radical (unpaired) electrons. The summed E-state index contributed by atoms with van der Waals surface area (Å²) in [5.74, 6) is -1.64. The summed E-state index contributed by atoms with van der Waals surface area (Å²) >= 11 is 0. The SMILES string of the molecule is Cc1c(F)cc(C(=O)NCc2cccnc2Oc2cccc(F)c2)cc1[N+](=O)[O-]. The van der Waals surface area contributed by atoms with Crippen molar-refractivity contribution in [3.05, 3.63) is 93.2 Å². The van der Waals surface area contributed by atoms with Gasteiger partial charge in [-0.2, -0.15) is 0 Å². The summed E-state index contributed by atoms with van der Waals surface area (Å²) in [6.45, 7) is 1.22. The number of nitro groups is 1. The van der Waals surface area contributed by atoms with Gasteiger partial charge in [0.05, 0.1) is 10.5 Å². The second kappa shape index (κ2) is 8.42. The van der Waals surface area contributed by atoms with E-state index in [4.69, 9.17) is 4.74 Å². The molecule has 0 unspecified atom stereocenters. The minimum Gasteiger partial charge on any atom is -0.439 e. The molecule has 0 aliphatic heterocycles. The van der Waals surface area contributed by atoms with E-state index in [-0.39, 0.29) is 29.3 Å². The van der Waals surface area contributed by atoms with Crippen molar-refractivity contribution >= 4 is 11.6 Å². The Hall–Kier alpha value is -3.88. The number of halogens is 2. The molecule has 148 valence electrons. The smallest absolute Gasteiger partial charge is 0.276 e. The van der Waals surface area contributed by atoms with Gasteiger partial charge in [0.25, 0.3) is 11.6 Å². The predicted molar refractivity (Wildman–Crippen MR) is 99.7 cm³/mol. The summed E-state index contributed by atoms with van der Waals surface area (Å²) < 4.78 is 32.8. The van der Waals surface area contributed by atoms with Gasteiger partial charge in [-0.05, 0) is 31.2 Å².